The van der Waals surface area contributed by atoms with E-state index in [-0.39, 0.29) is 11.7 Å². The van der Waals surface area contributed by atoms with E-state index in [0.29, 0.717) is 5.75 Å². The number of aromatic hydroxyl groups is 1. The van der Waals surface area contributed by atoms with Crippen molar-refractivity contribution in [1.29, 1.82) is 0 Å². The molecule has 0 aliphatic heterocycles. The van der Waals surface area contributed by atoms with Gasteiger partial charge in [0.05, 0.1) is 5.75 Å². The smallest absolute Gasteiger partial charge is 0.234 e. The summed E-state index contributed by atoms with van der Waals surface area (Å²) in [5.41, 5.74) is 3.18. The molecule has 0 fully saturated rings. The minimum atomic E-state index is -0.0541. The normalized spacial score (nSPS) is 10.3. The molecule has 2 N–H and O–H groups in total. The monoisotopic (exact) mass is 287 g/mol. The van der Waals surface area contributed by atoms with Crippen LogP contribution in [0.4, 0.5) is 5.69 Å². The molecule has 0 aromatic heterocycles. The number of thioether (sulfide) groups is 1. The van der Waals surface area contributed by atoms with Crippen molar-refractivity contribution >= 4 is 23.4 Å². The Morgan fingerprint density at radius 3 is 2.65 bits per heavy atom. The zero-order valence-electron chi connectivity index (χ0n) is 11.5. The molecule has 0 heterocycles. The molecule has 0 radical (unpaired) electrons. The molecule has 20 heavy (non-hydrogen) atoms. The summed E-state index contributed by atoms with van der Waals surface area (Å²) in [4.78, 5) is 12.7. The lowest BCUT2D eigenvalue weighted by molar-refractivity contribution is -0.113. The van der Waals surface area contributed by atoms with Gasteiger partial charge in [0.25, 0.3) is 0 Å². The van der Waals surface area contributed by atoms with Crippen molar-refractivity contribution < 1.29 is 9.90 Å². The first-order valence-corrected chi connectivity index (χ1v) is 7.32. The van der Waals surface area contributed by atoms with Crippen molar-refractivity contribution in [1.82, 2.24) is 0 Å². The number of carbonyl (C=O) groups excluding carboxylic acids is 1. The standard InChI is InChI=1S/C16H17NO2S/c1-11-6-7-13(8-12(11)2)17-16(19)10-20-15-5-3-4-14(18)9-15/h3-9,18H,10H2,1-2H3,(H,17,19). The summed E-state index contributed by atoms with van der Waals surface area (Å²) in [6.45, 7) is 4.06. The average Bonchev–Trinajstić information content (AvgIpc) is 2.41. The second-order valence-corrected chi connectivity index (χ2v) is 5.68. The molecule has 0 aliphatic carbocycles. The van der Waals surface area contributed by atoms with Gasteiger partial charge in [-0.2, -0.15) is 0 Å². The topological polar surface area (TPSA) is 49.3 Å². The van der Waals surface area contributed by atoms with E-state index < -0.39 is 0 Å². The third-order valence-corrected chi connectivity index (χ3v) is 3.97. The highest BCUT2D eigenvalue weighted by Crippen LogP contribution is 2.22. The first-order valence-electron chi connectivity index (χ1n) is 6.33. The van der Waals surface area contributed by atoms with E-state index in [0.717, 1.165) is 16.1 Å². The minimum Gasteiger partial charge on any atom is -0.508 e. The van der Waals surface area contributed by atoms with Gasteiger partial charge in [-0.3, -0.25) is 4.79 Å². The Balaban J connectivity index is 1.91. The molecule has 0 bridgehead atoms. The van der Waals surface area contributed by atoms with Crippen LogP contribution < -0.4 is 5.32 Å². The second-order valence-electron chi connectivity index (χ2n) is 4.63. The van der Waals surface area contributed by atoms with E-state index >= 15 is 0 Å². The van der Waals surface area contributed by atoms with E-state index in [1.54, 1.807) is 18.2 Å². The summed E-state index contributed by atoms with van der Waals surface area (Å²) in [6.07, 6.45) is 0. The van der Waals surface area contributed by atoms with Gasteiger partial charge < -0.3 is 10.4 Å². The van der Waals surface area contributed by atoms with Gasteiger partial charge in [0.2, 0.25) is 5.91 Å². The summed E-state index contributed by atoms with van der Waals surface area (Å²) < 4.78 is 0. The molecule has 0 unspecified atom stereocenters. The third kappa shape index (κ3) is 4.03. The number of rotatable bonds is 4. The maximum atomic E-state index is 11.9. The molecule has 4 heteroatoms. The fraction of sp³-hybridized carbons (Fsp3) is 0.188. The van der Waals surface area contributed by atoms with Gasteiger partial charge in [-0.25, -0.2) is 0 Å². The highest BCUT2D eigenvalue weighted by Gasteiger charge is 2.05. The fourth-order valence-electron chi connectivity index (χ4n) is 1.74. The maximum Gasteiger partial charge on any atom is 0.234 e. The lowest BCUT2D eigenvalue weighted by Gasteiger charge is -2.07. The Morgan fingerprint density at radius 1 is 1.15 bits per heavy atom. The van der Waals surface area contributed by atoms with Crippen molar-refractivity contribution in [3.05, 3.63) is 53.6 Å². The molecule has 104 valence electrons. The van der Waals surface area contributed by atoms with Crippen molar-refractivity contribution in [2.24, 2.45) is 0 Å². The number of phenols is 1. The molecule has 0 aliphatic rings. The molecule has 1 amide bonds. The van der Waals surface area contributed by atoms with Gasteiger partial charge in [-0.1, -0.05) is 12.1 Å². The molecule has 0 atom stereocenters. The van der Waals surface area contributed by atoms with Crippen LogP contribution in [0, 0.1) is 13.8 Å². The van der Waals surface area contributed by atoms with Gasteiger partial charge in [-0.15, -0.1) is 11.8 Å². The van der Waals surface area contributed by atoms with E-state index in [2.05, 4.69) is 5.32 Å². The summed E-state index contributed by atoms with van der Waals surface area (Å²) in [6, 6.07) is 12.7. The van der Waals surface area contributed by atoms with E-state index in [1.807, 2.05) is 38.1 Å². The molecule has 2 aromatic rings. The predicted molar refractivity (Wildman–Crippen MR) is 83.4 cm³/mol. The summed E-state index contributed by atoms with van der Waals surface area (Å²) in [7, 11) is 0. The zero-order valence-corrected chi connectivity index (χ0v) is 12.3. The van der Waals surface area contributed by atoms with Crippen molar-refractivity contribution in [3.63, 3.8) is 0 Å². The number of carbonyl (C=O) groups is 1. The SMILES string of the molecule is Cc1ccc(NC(=O)CSc2cccc(O)c2)cc1C. The lowest BCUT2D eigenvalue weighted by atomic mass is 10.1. The van der Waals surface area contributed by atoms with Crippen LogP contribution in [0.2, 0.25) is 0 Å². The molecule has 0 saturated carbocycles. The van der Waals surface area contributed by atoms with Crippen molar-refractivity contribution in [3.8, 4) is 5.75 Å². The number of nitrogens with one attached hydrogen (secondary N) is 1. The predicted octanol–water partition coefficient (Wildman–Crippen LogP) is 3.74. The van der Waals surface area contributed by atoms with E-state index in [9.17, 15) is 9.90 Å². The van der Waals surface area contributed by atoms with Crippen LogP contribution in [-0.2, 0) is 4.79 Å². The Bertz CT molecular complexity index is 626. The molecule has 0 spiro atoms. The highest BCUT2D eigenvalue weighted by molar-refractivity contribution is 8.00. The van der Waals surface area contributed by atoms with Crippen LogP contribution in [0.3, 0.4) is 0 Å². The number of benzene rings is 2. The number of amides is 1. The highest BCUT2D eigenvalue weighted by atomic mass is 32.2. The van der Waals surface area contributed by atoms with Gasteiger partial charge >= 0.3 is 0 Å². The molecule has 3 nitrogen and oxygen atoms in total. The van der Waals surface area contributed by atoms with Crippen LogP contribution in [0.1, 0.15) is 11.1 Å². The van der Waals surface area contributed by atoms with E-state index in [4.69, 9.17) is 0 Å². The number of phenolic OH excluding ortho intramolecular Hbond substituents is 1. The van der Waals surface area contributed by atoms with Gasteiger partial charge in [0, 0.05) is 10.6 Å². The molecule has 2 aromatic carbocycles. The molecule has 2 rings (SSSR count). The van der Waals surface area contributed by atoms with Crippen LogP contribution in [0.5, 0.6) is 5.75 Å². The van der Waals surface area contributed by atoms with Crippen LogP contribution in [0.25, 0.3) is 0 Å². The Labute approximate surface area is 123 Å². The van der Waals surface area contributed by atoms with Crippen LogP contribution in [0.15, 0.2) is 47.4 Å². The number of hydrogen-bond donors (Lipinski definition) is 2. The fourth-order valence-corrected chi connectivity index (χ4v) is 2.49. The first kappa shape index (κ1) is 14.5. The van der Waals surface area contributed by atoms with Crippen molar-refractivity contribution in [2.45, 2.75) is 18.7 Å². The van der Waals surface area contributed by atoms with Crippen LogP contribution in [-0.4, -0.2) is 16.8 Å². The average molecular weight is 287 g/mol. The molecular weight excluding hydrogens is 270 g/mol. The number of aryl methyl sites for hydroxylation is 2. The largest absolute Gasteiger partial charge is 0.508 e. The lowest BCUT2D eigenvalue weighted by Crippen LogP contribution is -2.14. The molecular formula is C16H17NO2S. The van der Waals surface area contributed by atoms with Crippen LogP contribution >= 0.6 is 11.8 Å². The molecule has 0 saturated heterocycles. The number of anilines is 1. The van der Waals surface area contributed by atoms with Crippen molar-refractivity contribution in [2.75, 3.05) is 11.1 Å². The summed E-state index contributed by atoms with van der Waals surface area (Å²) in [5.74, 6) is 0.474. The summed E-state index contributed by atoms with van der Waals surface area (Å²) in [5, 5.41) is 12.2. The van der Waals surface area contributed by atoms with Gasteiger partial charge in [0.15, 0.2) is 0 Å². The second kappa shape index (κ2) is 6.48. The third-order valence-electron chi connectivity index (χ3n) is 2.98. The maximum absolute atomic E-state index is 11.9. The summed E-state index contributed by atoms with van der Waals surface area (Å²) >= 11 is 1.40. The minimum absolute atomic E-state index is 0.0541. The number of hydrogen-bond acceptors (Lipinski definition) is 3. The Hall–Kier alpha value is -1.94. The Kier molecular flexibility index (Phi) is 4.69. The zero-order chi connectivity index (χ0) is 14.5. The van der Waals surface area contributed by atoms with Gasteiger partial charge in [0.1, 0.15) is 5.75 Å². The quantitative estimate of drug-likeness (QED) is 0.842. The Morgan fingerprint density at radius 2 is 1.95 bits per heavy atom. The van der Waals surface area contributed by atoms with E-state index in [1.165, 1.54) is 17.3 Å². The van der Waals surface area contributed by atoms with Gasteiger partial charge in [-0.05, 0) is 55.3 Å². The first-order chi connectivity index (χ1) is 9.54.